The van der Waals surface area contributed by atoms with Crippen molar-refractivity contribution in [1.29, 1.82) is 0 Å². The quantitative estimate of drug-likeness (QED) is 0.837. The Labute approximate surface area is 123 Å². The average Bonchev–Trinajstić information content (AvgIpc) is 2.70. The molecule has 1 aliphatic heterocycles. The second-order valence-corrected chi connectivity index (χ2v) is 6.76. The number of rotatable bonds is 5. The molecule has 1 fully saturated rings. The molecule has 0 spiro atoms. The van der Waals surface area contributed by atoms with Crippen LogP contribution in [0.3, 0.4) is 0 Å². The highest BCUT2D eigenvalue weighted by Gasteiger charge is 2.32. The van der Waals surface area contributed by atoms with Crippen molar-refractivity contribution in [3.05, 3.63) is 29.8 Å². The third-order valence-corrected chi connectivity index (χ3v) is 4.15. The number of para-hydroxylation sites is 1. The van der Waals surface area contributed by atoms with Gasteiger partial charge in [-0.25, -0.2) is 0 Å². The van der Waals surface area contributed by atoms with Crippen molar-refractivity contribution in [2.24, 2.45) is 0 Å². The summed E-state index contributed by atoms with van der Waals surface area (Å²) in [7, 11) is 0. The molecule has 1 aliphatic rings. The summed E-state index contributed by atoms with van der Waals surface area (Å²) in [6.07, 6.45) is 2.65. The van der Waals surface area contributed by atoms with Gasteiger partial charge < -0.3 is 10.5 Å². The van der Waals surface area contributed by atoms with Crippen molar-refractivity contribution >= 4 is 5.69 Å². The predicted molar refractivity (Wildman–Crippen MR) is 84.6 cm³/mol. The maximum Gasteiger partial charge on any atom is 0.0710 e. The van der Waals surface area contributed by atoms with Crippen LogP contribution in [0.5, 0.6) is 0 Å². The first-order valence-electron chi connectivity index (χ1n) is 7.62. The minimum atomic E-state index is 0.0408. The molecule has 112 valence electrons. The average molecular weight is 276 g/mol. The van der Waals surface area contributed by atoms with Crippen LogP contribution in [-0.4, -0.2) is 29.2 Å². The molecule has 0 radical (unpaired) electrons. The molecule has 1 aromatic carbocycles. The van der Waals surface area contributed by atoms with Crippen LogP contribution in [0, 0.1) is 0 Å². The Bertz CT molecular complexity index is 442. The molecule has 2 rings (SSSR count). The van der Waals surface area contributed by atoms with Crippen LogP contribution in [0.2, 0.25) is 0 Å². The van der Waals surface area contributed by atoms with E-state index in [-0.39, 0.29) is 5.60 Å². The number of hydrogen-bond acceptors (Lipinski definition) is 3. The molecule has 0 amide bonds. The number of anilines is 1. The molecule has 1 aromatic rings. The van der Waals surface area contributed by atoms with E-state index >= 15 is 0 Å². The highest BCUT2D eigenvalue weighted by atomic mass is 16.5. The first-order valence-corrected chi connectivity index (χ1v) is 7.62. The van der Waals surface area contributed by atoms with E-state index in [1.807, 2.05) is 12.1 Å². The van der Waals surface area contributed by atoms with Gasteiger partial charge in [0.25, 0.3) is 0 Å². The highest BCUT2D eigenvalue weighted by molar-refractivity contribution is 5.46. The van der Waals surface area contributed by atoms with Gasteiger partial charge >= 0.3 is 0 Å². The van der Waals surface area contributed by atoms with Crippen molar-refractivity contribution in [3.63, 3.8) is 0 Å². The standard InChI is InChI=1S/C17H28N2O/c1-13(2)19(11-14-7-5-6-8-16(14)18)12-15-9-10-17(3,4)20-15/h5-8,13,15H,9-12,18H2,1-4H3. The van der Waals surface area contributed by atoms with Crippen LogP contribution in [0.1, 0.15) is 46.1 Å². The second-order valence-electron chi connectivity index (χ2n) is 6.76. The largest absolute Gasteiger partial charge is 0.398 e. The second kappa shape index (κ2) is 6.15. The molecule has 20 heavy (non-hydrogen) atoms. The molecule has 0 aromatic heterocycles. The minimum absolute atomic E-state index is 0.0408. The van der Waals surface area contributed by atoms with Crippen molar-refractivity contribution in [2.75, 3.05) is 12.3 Å². The molecule has 0 aliphatic carbocycles. The lowest BCUT2D eigenvalue weighted by Gasteiger charge is -2.30. The van der Waals surface area contributed by atoms with E-state index in [0.717, 1.165) is 31.6 Å². The van der Waals surface area contributed by atoms with Crippen LogP contribution < -0.4 is 5.73 Å². The van der Waals surface area contributed by atoms with Crippen LogP contribution in [0.15, 0.2) is 24.3 Å². The van der Waals surface area contributed by atoms with E-state index in [2.05, 4.69) is 44.7 Å². The Balaban J connectivity index is 2.00. The van der Waals surface area contributed by atoms with Crippen LogP contribution in [-0.2, 0) is 11.3 Å². The normalized spacial score (nSPS) is 21.8. The molecule has 2 N–H and O–H groups in total. The van der Waals surface area contributed by atoms with Crippen molar-refractivity contribution in [2.45, 2.75) is 64.8 Å². The lowest BCUT2D eigenvalue weighted by atomic mass is 10.1. The molecule has 3 nitrogen and oxygen atoms in total. The maximum atomic E-state index is 6.12. The lowest BCUT2D eigenvalue weighted by Crippen LogP contribution is -2.38. The van der Waals surface area contributed by atoms with E-state index < -0.39 is 0 Å². The summed E-state index contributed by atoms with van der Waals surface area (Å²) in [5.74, 6) is 0. The van der Waals surface area contributed by atoms with Crippen molar-refractivity contribution < 1.29 is 4.74 Å². The van der Waals surface area contributed by atoms with Crippen LogP contribution >= 0.6 is 0 Å². The van der Waals surface area contributed by atoms with Gasteiger partial charge in [0.05, 0.1) is 11.7 Å². The van der Waals surface area contributed by atoms with Gasteiger partial charge in [0.15, 0.2) is 0 Å². The first-order chi connectivity index (χ1) is 9.37. The predicted octanol–water partition coefficient (Wildman–Crippen LogP) is 3.44. The monoisotopic (exact) mass is 276 g/mol. The third-order valence-electron chi connectivity index (χ3n) is 4.15. The fourth-order valence-electron chi connectivity index (χ4n) is 2.82. The van der Waals surface area contributed by atoms with Crippen molar-refractivity contribution in [1.82, 2.24) is 4.90 Å². The van der Waals surface area contributed by atoms with Crippen molar-refractivity contribution in [3.8, 4) is 0 Å². The maximum absolute atomic E-state index is 6.12. The summed E-state index contributed by atoms with van der Waals surface area (Å²) in [5, 5.41) is 0. The highest BCUT2D eigenvalue weighted by Crippen LogP contribution is 2.30. The topological polar surface area (TPSA) is 38.5 Å². The van der Waals surface area contributed by atoms with Gasteiger partial charge in [-0.15, -0.1) is 0 Å². The van der Waals surface area contributed by atoms with Crippen LogP contribution in [0.25, 0.3) is 0 Å². The zero-order valence-electron chi connectivity index (χ0n) is 13.2. The van der Waals surface area contributed by atoms with Crippen LogP contribution in [0.4, 0.5) is 5.69 Å². The molecular weight excluding hydrogens is 248 g/mol. The summed E-state index contributed by atoms with van der Waals surface area (Å²) in [6.45, 7) is 10.7. The minimum Gasteiger partial charge on any atom is -0.398 e. The number of nitrogen functional groups attached to an aromatic ring is 1. The van der Waals surface area contributed by atoms with Gasteiger partial charge in [-0.05, 0) is 52.2 Å². The van der Waals surface area contributed by atoms with E-state index in [0.29, 0.717) is 12.1 Å². The third kappa shape index (κ3) is 3.97. The summed E-state index contributed by atoms with van der Waals surface area (Å²) in [4.78, 5) is 2.46. The zero-order valence-corrected chi connectivity index (χ0v) is 13.2. The van der Waals surface area contributed by atoms with Gasteiger partial charge in [-0.3, -0.25) is 4.90 Å². The Morgan fingerprint density at radius 1 is 1.35 bits per heavy atom. The van der Waals surface area contributed by atoms with Gasteiger partial charge in [0, 0.05) is 24.8 Å². The van der Waals surface area contributed by atoms with E-state index in [4.69, 9.17) is 10.5 Å². The fraction of sp³-hybridized carbons (Fsp3) is 0.647. The lowest BCUT2D eigenvalue weighted by molar-refractivity contribution is -0.0333. The van der Waals surface area contributed by atoms with E-state index in [1.54, 1.807) is 0 Å². The summed E-state index contributed by atoms with van der Waals surface area (Å²) in [6, 6.07) is 8.62. The Kier molecular flexibility index (Phi) is 4.71. The molecule has 3 heteroatoms. The van der Waals surface area contributed by atoms with Gasteiger partial charge in [0.1, 0.15) is 0 Å². The Hall–Kier alpha value is -1.06. The number of hydrogen-bond donors (Lipinski definition) is 1. The molecular formula is C17H28N2O. The summed E-state index contributed by atoms with van der Waals surface area (Å²) >= 11 is 0. The number of benzene rings is 1. The molecule has 1 heterocycles. The fourth-order valence-corrected chi connectivity index (χ4v) is 2.82. The SMILES string of the molecule is CC(C)N(Cc1ccccc1N)CC1CCC(C)(C)O1. The van der Waals surface area contributed by atoms with E-state index in [1.165, 1.54) is 5.56 Å². The molecule has 0 bridgehead atoms. The first kappa shape index (κ1) is 15.3. The van der Waals surface area contributed by atoms with E-state index in [9.17, 15) is 0 Å². The van der Waals surface area contributed by atoms with Gasteiger partial charge in [0.2, 0.25) is 0 Å². The Morgan fingerprint density at radius 3 is 2.60 bits per heavy atom. The molecule has 1 unspecified atom stereocenters. The smallest absolute Gasteiger partial charge is 0.0710 e. The van der Waals surface area contributed by atoms with Gasteiger partial charge in [-0.1, -0.05) is 18.2 Å². The molecule has 1 atom stereocenters. The summed E-state index contributed by atoms with van der Waals surface area (Å²) < 4.78 is 6.12. The summed E-state index contributed by atoms with van der Waals surface area (Å²) in [5.41, 5.74) is 8.19. The Morgan fingerprint density at radius 2 is 2.05 bits per heavy atom. The van der Waals surface area contributed by atoms with Gasteiger partial charge in [-0.2, -0.15) is 0 Å². The number of nitrogens with two attached hydrogens (primary N) is 1. The molecule has 1 saturated heterocycles. The molecule has 0 saturated carbocycles. The number of ether oxygens (including phenoxy) is 1. The number of nitrogens with zero attached hydrogens (tertiary/aromatic N) is 1. The zero-order chi connectivity index (χ0) is 14.8.